The Kier molecular flexibility index (Phi) is 6.21. The lowest BCUT2D eigenvalue weighted by Crippen LogP contribution is -2.40. The summed E-state index contributed by atoms with van der Waals surface area (Å²) in [6, 6.07) is 9.02. The standard InChI is InChI=1S/C21H22N4O6S/c1-2-31-21(27)18-14-22-25-8-7-16(13-19(18)25)23-20(26)15-3-5-17(6-4-15)32(28,29)24-9-11-30-12-10-24/h3-8,13-14H,2,9-12H2,1H3,(H,23,26). The van der Waals surface area contributed by atoms with Crippen molar-refractivity contribution < 1.29 is 27.5 Å². The first-order valence-corrected chi connectivity index (χ1v) is 11.5. The van der Waals surface area contributed by atoms with Gasteiger partial charge in [0, 0.05) is 30.5 Å². The average Bonchev–Trinajstić information content (AvgIpc) is 3.23. The number of aromatic nitrogens is 2. The number of rotatable bonds is 6. The van der Waals surface area contributed by atoms with Crippen LogP contribution in [0.5, 0.6) is 0 Å². The van der Waals surface area contributed by atoms with Crippen molar-refractivity contribution in [3.63, 3.8) is 0 Å². The van der Waals surface area contributed by atoms with Gasteiger partial charge < -0.3 is 14.8 Å². The minimum absolute atomic E-state index is 0.121. The van der Waals surface area contributed by atoms with E-state index in [0.717, 1.165) is 0 Å². The molecule has 11 heteroatoms. The van der Waals surface area contributed by atoms with E-state index in [9.17, 15) is 18.0 Å². The van der Waals surface area contributed by atoms with Crippen LogP contribution in [0.2, 0.25) is 0 Å². The minimum atomic E-state index is -3.63. The Morgan fingerprint density at radius 2 is 1.88 bits per heavy atom. The third-order valence-corrected chi connectivity index (χ3v) is 6.91. The molecule has 1 saturated heterocycles. The summed E-state index contributed by atoms with van der Waals surface area (Å²) < 4.78 is 38.5. The lowest BCUT2D eigenvalue weighted by atomic mass is 10.2. The number of nitrogens with one attached hydrogen (secondary N) is 1. The number of amides is 1. The Labute approximate surface area is 184 Å². The third-order valence-electron chi connectivity index (χ3n) is 5.00. The molecule has 4 rings (SSSR count). The van der Waals surface area contributed by atoms with Gasteiger partial charge in [-0.05, 0) is 43.3 Å². The number of ether oxygens (including phenoxy) is 2. The SMILES string of the molecule is CCOC(=O)c1cnn2ccc(NC(=O)c3ccc(S(=O)(=O)N4CCOCC4)cc3)cc12. The van der Waals surface area contributed by atoms with Crippen LogP contribution in [0.4, 0.5) is 5.69 Å². The molecule has 10 nitrogen and oxygen atoms in total. The fourth-order valence-electron chi connectivity index (χ4n) is 3.34. The molecule has 0 aliphatic carbocycles. The van der Waals surface area contributed by atoms with Gasteiger partial charge in [-0.3, -0.25) is 4.79 Å². The summed E-state index contributed by atoms with van der Waals surface area (Å²) >= 11 is 0. The number of sulfonamides is 1. The van der Waals surface area contributed by atoms with Crippen molar-refractivity contribution in [3.8, 4) is 0 Å². The molecule has 1 aromatic carbocycles. The molecule has 0 saturated carbocycles. The summed E-state index contributed by atoms with van der Waals surface area (Å²) in [5.41, 5.74) is 1.54. The number of hydrogen-bond donors (Lipinski definition) is 1. The molecule has 1 N–H and O–H groups in total. The highest BCUT2D eigenvalue weighted by Crippen LogP contribution is 2.20. The maximum Gasteiger partial charge on any atom is 0.341 e. The number of carbonyl (C=O) groups excluding carboxylic acids is 2. The second-order valence-electron chi connectivity index (χ2n) is 7.02. The zero-order valence-electron chi connectivity index (χ0n) is 17.4. The third kappa shape index (κ3) is 4.35. The molecule has 1 aliphatic rings. The van der Waals surface area contributed by atoms with E-state index in [1.165, 1.54) is 39.3 Å². The average molecular weight is 458 g/mol. The summed E-state index contributed by atoms with van der Waals surface area (Å²) in [6.45, 7) is 3.28. The summed E-state index contributed by atoms with van der Waals surface area (Å²) in [7, 11) is -3.63. The first-order chi connectivity index (χ1) is 15.4. The van der Waals surface area contributed by atoms with Gasteiger partial charge in [0.05, 0.1) is 36.4 Å². The second-order valence-corrected chi connectivity index (χ2v) is 8.96. The van der Waals surface area contributed by atoms with Crippen molar-refractivity contribution in [1.29, 1.82) is 0 Å². The van der Waals surface area contributed by atoms with Crippen LogP contribution in [-0.4, -0.2) is 67.1 Å². The van der Waals surface area contributed by atoms with Crippen LogP contribution < -0.4 is 5.32 Å². The molecule has 3 aromatic rings. The molecule has 0 atom stereocenters. The second kappa shape index (κ2) is 9.07. The van der Waals surface area contributed by atoms with Crippen LogP contribution >= 0.6 is 0 Å². The van der Waals surface area contributed by atoms with Crippen molar-refractivity contribution in [3.05, 3.63) is 59.9 Å². The lowest BCUT2D eigenvalue weighted by Gasteiger charge is -2.26. The van der Waals surface area contributed by atoms with Crippen molar-refractivity contribution in [2.24, 2.45) is 0 Å². The molecule has 3 heterocycles. The number of carbonyl (C=O) groups is 2. The fraction of sp³-hybridized carbons (Fsp3) is 0.286. The van der Waals surface area contributed by atoms with E-state index >= 15 is 0 Å². The molecule has 0 spiro atoms. The summed E-state index contributed by atoms with van der Waals surface area (Å²) in [5.74, 6) is -0.912. The number of pyridine rings is 1. The molecule has 2 aromatic heterocycles. The Bertz CT molecular complexity index is 1250. The van der Waals surface area contributed by atoms with Gasteiger partial charge >= 0.3 is 5.97 Å². The Morgan fingerprint density at radius 3 is 2.56 bits per heavy atom. The van der Waals surface area contributed by atoms with Gasteiger partial charge in [-0.1, -0.05) is 0 Å². The Morgan fingerprint density at radius 1 is 1.16 bits per heavy atom. The zero-order valence-corrected chi connectivity index (χ0v) is 18.2. The van der Waals surface area contributed by atoms with E-state index in [1.54, 1.807) is 25.3 Å². The molecular formula is C21H22N4O6S. The lowest BCUT2D eigenvalue weighted by molar-refractivity contribution is 0.0528. The zero-order chi connectivity index (χ0) is 22.7. The molecule has 1 fully saturated rings. The smallest absolute Gasteiger partial charge is 0.341 e. The highest BCUT2D eigenvalue weighted by molar-refractivity contribution is 7.89. The predicted molar refractivity (Wildman–Crippen MR) is 115 cm³/mol. The summed E-state index contributed by atoms with van der Waals surface area (Å²) in [4.78, 5) is 24.9. The van der Waals surface area contributed by atoms with E-state index in [1.807, 2.05) is 0 Å². The van der Waals surface area contributed by atoms with E-state index in [2.05, 4.69) is 10.4 Å². The van der Waals surface area contributed by atoms with Crippen LogP contribution in [0.3, 0.4) is 0 Å². The number of benzene rings is 1. The highest BCUT2D eigenvalue weighted by Gasteiger charge is 2.26. The van der Waals surface area contributed by atoms with Crippen LogP contribution in [0.15, 0.2) is 53.7 Å². The van der Waals surface area contributed by atoms with Crippen molar-refractivity contribution in [2.75, 3.05) is 38.2 Å². The van der Waals surface area contributed by atoms with E-state index in [4.69, 9.17) is 9.47 Å². The number of esters is 1. The molecule has 0 unspecified atom stereocenters. The summed E-state index contributed by atoms with van der Waals surface area (Å²) in [5, 5.41) is 6.86. The number of hydrogen-bond acceptors (Lipinski definition) is 7. The molecular weight excluding hydrogens is 436 g/mol. The Hall–Kier alpha value is -3.28. The quantitative estimate of drug-likeness (QED) is 0.559. The maximum atomic E-state index is 12.7. The molecule has 168 valence electrons. The van der Waals surface area contributed by atoms with Gasteiger partial charge in [0.2, 0.25) is 10.0 Å². The fourth-order valence-corrected chi connectivity index (χ4v) is 4.75. The molecule has 1 aliphatic heterocycles. The van der Waals surface area contributed by atoms with Gasteiger partial charge in [-0.15, -0.1) is 0 Å². The van der Waals surface area contributed by atoms with E-state index in [-0.39, 0.29) is 11.5 Å². The van der Waals surface area contributed by atoms with Crippen LogP contribution in [0.1, 0.15) is 27.6 Å². The number of fused-ring (bicyclic) bond motifs is 1. The van der Waals surface area contributed by atoms with Crippen LogP contribution in [-0.2, 0) is 19.5 Å². The van der Waals surface area contributed by atoms with E-state index in [0.29, 0.717) is 48.6 Å². The minimum Gasteiger partial charge on any atom is -0.462 e. The summed E-state index contributed by atoms with van der Waals surface area (Å²) in [6.07, 6.45) is 3.03. The number of nitrogens with zero attached hydrogens (tertiary/aromatic N) is 3. The number of morpholine rings is 1. The Balaban J connectivity index is 1.51. The first-order valence-electron chi connectivity index (χ1n) is 10.0. The van der Waals surface area contributed by atoms with Gasteiger partial charge in [0.1, 0.15) is 5.56 Å². The molecule has 0 bridgehead atoms. The molecule has 0 radical (unpaired) electrons. The number of anilines is 1. The monoisotopic (exact) mass is 458 g/mol. The predicted octanol–water partition coefficient (Wildman–Crippen LogP) is 1.78. The molecule has 32 heavy (non-hydrogen) atoms. The normalized spacial score (nSPS) is 14.9. The van der Waals surface area contributed by atoms with Gasteiger partial charge in [-0.2, -0.15) is 9.40 Å². The van der Waals surface area contributed by atoms with Gasteiger partial charge in [-0.25, -0.2) is 17.7 Å². The molecule has 1 amide bonds. The first kappa shape index (κ1) is 21.9. The maximum absolute atomic E-state index is 12.7. The largest absolute Gasteiger partial charge is 0.462 e. The van der Waals surface area contributed by atoms with Gasteiger partial charge in [0.25, 0.3) is 5.91 Å². The van der Waals surface area contributed by atoms with Crippen molar-refractivity contribution in [2.45, 2.75) is 11.8 Å². The van der Waals surface area contributed by atoms with Crippen LogP contribution in [0.25, 0.3) is 5.52 Å². The van der Waals surface area contributed by atoms with E-state index < -0.39 is 21.9 Å². The van der Waals surface area contributed by atoms with Crippen molar-refractivity contribution in [1.82, 2.24) is 13.9 Å². The van der Waals surface area contributed by atoms with Crippen molar-refractivity contribution >= 4 is 33.1 Å². The van der Waals surface area contributed by atoms with Crippen LogP contribution in [0, 0.1) is 0 Å². The van der Waals surface area contributed by atoms with Gasteiger partial charge in [0.15, 0.2) is 0 Å². The topological polar surface area (TPSA) is 119 Å². The highest BCUT2D eigenvalue weighted by atomic mass is 32.2.